The average molecular weight is 446 g/mol. The van der Waals surface area contributed by atoms with E-state index in [4.69, 9.17) is 0 Å². The van der Waals surface area contributed by atoms with Crippen LogP contribution in [0.4, 0.5) is 13.2 Å². The Kier molecular flexibility index (Phi) is 5.49. The zero-order valence-electron chi connectivity index (χ0n) is 17.6. The second kappa shape index (κ2) is 8.31. The molecule has 2 fully saturated rings. The van der Waals surface area contributed by atoms with E-state index in [9.17, 15) is 18.0 Å². The van der Waals surface area contributed by atoms with Crippen molar-refractivity contribution in [1.82, 2.24) is 9.80 Å². The van der Waals surface area contributed by atoms with Crippen molar-refractivity contribution in [3.63, 3.8) is 0 Å². The Hall–Kier alpha value is -2.74. The molecule has 2 saturated heterocycles. The molecular formula is C24H25F3N2O3. The predicted octanol–water partition coefficient (Wildman–Crippen LogP) is 4.49. The fourth-order valence-electron chi connectivity index (χ4n) is 5.02. The number of likely N-dealkylation sites (tertiary alicyclic amines) is 2. The van der Waals surface area contributed by atoms with Gasteiger partial charge in [0.1, 0.15) is 5.82 Å². The zero-order chi connectivity index (χ0) is 22.3. The highest BCUT2D eigenvalue weighted by Gasteiger charge is 2.45. The molecule has 0 aromatic heterocycles. The zero-order valence-corrected chi connectivity index (χ0v) is 17.6. The van der Waals surface area contributed by atoms with Crippen LogP contribution in [0.3, 0.4) is 0 Å². The van der Waals surface area contributed by atoms with Crippen molar-refractivity contribution in [2.24, 2.45) is 5.92 Å². The van der Waals surface area contributed by atoms with Crippen LogP contribution >= 0.6 is 0 Å². The molecular weight excluding hydrogens is 421 g/mol. The maximum absolute atomic E-state index is 13.4. The highest BCUT2D eigenvalue weighted by atomic mass is 19.3. The third-order valence-corrected chi connectivity index (χ3v) is 6.68. The lowest BCUT2D eigenvalue weighted by molar-refractivity contribution is -0.286. The van der Waals surface area contributed by atoms with Gasteiger partial charge in [-0.3, -0.25) is 4.79 Å². The number of alkyl halides is 2. The van der Waals surface area contributed by atoms with E-state index in [0.29, 0.717) is 24.9 Å². The Bertz CT molecular complexity index is 990. The Morgan fingerprint density at radius 1 is 1.00 bits per heavy atom. The number of fused-ring (bicyclic) bond motifs is 1. The molecule has 1 atom stereocenters. The van der Waals surface area contributed by atoms with Gasteiger partial charge in [0.2, 0.25) is 0 Å². The lowest BCUT2D eigenvalue weighted by atomic mass is 9.89. The van der Waals surface area contributed by atoms with Crippen LogP contribution in [0.25, 0.3) is 0 Å². The molecule has 3 heterocycles. The number of halogens is 3. The van der Waals surface area contributed by atoms with Crippen LogP contribution < -0.4 is 9.47 Å². The van der Waals surface area contributed by atoms with E-state index in [1.54, 1.807) is 4.90 Å². The first kappa shape index (κ1) is 21.1. The number of amides is 1. The van der Waals surface area contributed by atoms with Crippen LogP contribution in [0.15, 0.2) is 42.5 Å². The Morgan fingerprint density at radius 3 is 2.50 bits per heavy atom. The SMILES string of the molecule is O=C(c1cccc2c1OC(F)(F)O2)N1CC[C@H](CN2CCC(c3ccc(F)cc3)CC2)C1. The summed E-state index contributed by atoms with van der Waals surface area (Å²) in [4.78, 5) is 17.1. The van der Waals surface area contributed by atoms with E-state index in [0.717, 1.165) is 38.9 Å². The molecule has 0 radical (unpaired) electrons. The average Bonchev–Trinajstić information content (AvgIpc) is 3.36. The molecule has 170 valence electrons. The first-order chi connectivity index (χ1) is 15.4. The molecule has 0 aliphatic carbocycles. The molecule has 0 N–H and O–H groups in total. The van der Waals surface area contributed by atoms with E-state index < -0.39 is 6.29 Å². The quantitative estimate of drug-likeness (QED) is 0.694. The van der Waals surface area contributed by atoms with Gasteiger partial charge < -0.3 is 19.3 Å². The third kappa shape index (κ3) is 4.28. The van der Waals surface area contributed by atoms with Crippen LogP contribution in [-0.2, 0) is 0 Å². The van der Waals surface area contributed by atoms with Gasteiger partial charge in [-0.1, -0.05) is 18.2 Å². The summed E-state index contributed by atoms with van der Waals surface area (Å²) in [6.07, 6.45) is -0.802. The van der Waals surface area contributed by atoms with Gasteiger partial charge in [-0.15, -0.1) is 8.78 Å². The van der Waals surface area contributed by atoms with Gasteiger partial charge >= 0.3 is 6.29 Å². The number of benzene rings is 2. The van der Waals surface area contributed by atoms with Gasteiger partial charge in [0.05, 0.1) is 5.56 Å². The molecule has 2 aromatic rings. The van der Waals surface area contributed by atoms with Crippen molar-refractivity contribution in [3.8, 4) is 11.5 Å². The molecule has 5 nitrogen and oxygen atoms in total. The molecule has 2 aromatic carbocycles. The van der Waals surface area contributed by atoms with Crippen molar-refractivity contribution < 1.29 is 27.4 Å². The Labute approximate surface area is 184 Å². The number of para-hydroxylation sites is 1. The summed E-state index contributed by atoms with van der Waals surface area (Å²) in [5.74, 6) is -0.0133. The fraction of sp³-hybridized carbons (Fsp3) is 0.458. The van der Waals surface area contributed by atoms with Crippen molar-refractivity contribution in [2.45, 2.75) is 31.5 Å². The maximum atomic E-state index is 13.4. The van der Waals surface area contributed by atoms with Gasteiger partial charge in [0, 0.05) is 19.6 Å². The maximum Gasteiger partial charge on any atom is 0.586 e. The summed E-state index contributed by atoms with van der Waals surface area (Å²) >= 11 is 0. The van der Waals surface area contributed by atoms with E-state index in [1.165, 1.54) is 35.9 Å². The lowest BCUT2D eigenvalue weighted by Gasteiger charge is -2.33. The van der Waals surface area contributed by atoms with Crippen LogP contribution in [-0.4, -0.2) is 54.7 Å². The number of nitrogens with zero attached hydrogens (tertiary/aromatic N) is 2. The minimum atomic E-state index is -3.74. The van der Waals surface area contributed by atoms with Crippen molar-refractivity contribution >= 4 is 5.91 Å². The number of carbonyl (C=O) groups is 1. The minimum absolute atomic E-state index is 0.111. The number of carbonyl (C=O) groups excluding carboxylic acids is 1. The molecule has 1 amide bonds. The summed E-state index contributed by atoms with van der Waals surface area (Å²) in [5, 5.41) is 0. The highest BCUT2D eigenvalue weighted by molar-refractivity contribution is 5.98. The number of piperidine rings is 1. The number of rotatable bonds is 4. The summed E-state index contributed by atoms with van der Waals surface area (Å²) in [5.41, 5.74) is 1.30. The van der Waals surface area contributed by atoms with Gasteiger partial charge in [-0.25, -0.2) is 4.39 Å². The standard InChI is InChI=1S/C24H25F3N2O3/c25-19-6-4-17(5-7-19)18-9-11-28(12-10-18)14-16-8-13-29(15-16)23(30)20-2-1-3-21-22(20)32-24(26,27)31-21/h1-7,16,18H,8-15H2/t16-/m1/s1. The number of hydrogen-bond acceptors (Lipinski definition) is 4. The topological polar surface area (TPSA) is 42.0 Å². The van der Waals surface area contributed by atoms with Gasteiger partial charge in [0.15, 0.2) is 11.5 Å². The van der Waals surface area contributed by atoms with Crippen LogP contribution in [0, 0.1) is 11.7 Å². The van der Waals surface area contributed by atoms with E-state index in [2.05, 4.69) is 14.4 Å². The molecule has 0 saturated carbocycles. The van der Waals surface area contributed by atoms with Crippen LogP contribution in [0.2, 0.25) is 0 Å². The molecule has 0 bridgehead atoms. The number of hydrogen-bond donors (Lipinski definition) is 0. The van der Waals surface area contributed by atoms with Crippen LogP contribution in [0.5, 0.6) is 11.5 Å². The summed E-state index contributed by atoms with van der Waals surface area (Å²) < 4.78 is 49.1. The normalized spacial score (nSPS) is 23.0. The molecule has 3 aliphatic heterocycles. The molecule has 3 aliphatic rings. The van der Waals surface area contributed by atoms with E-state index >= 15 is 0 Å². The first-order valence-corrected chi connectivity index (χ1v) is 11.0. The molecule has 8 heteroatoms. The fourth-order valence-corrected chi connectivity index (χ4v) is 5.02. The van der Waals surface area contributed by atoms with Gasteiger partial charge in [-0.2, -0.15) is 0 Å². The second-order valence-electron chi connectivity index (χ2n) is 8.83. The Balaban J connectivity index is 1.15. The smallest absolute Gasteiger partial charge is 0.395 e. The largest absolute Gasteiger partial charge is 0.586 e. The molecule has 32 heavy (non-hydrogen) atoms. The highest BCUT2D eigenvalue weighted by Crippen LogP contribution is 2.43. The van der Waals surface area contributed by atoms with E-state index in [1.807, 2.05) is 12.1 Å². The Morgan fingerprint density at radius 2 is 1.75 bits per heavy atom. The second-order valence-corrected chi connectivity index (χ2v) is 8.83. The summed E-state index contributed by atoms with van der Waals surface area (Å²) in [6.45, 7) is 4.04. The third-order valence-electron chi connectivity index (χ3n) is 6.68. The lowest BCUT2D eigenvalue weighted by Crippen LogP contribution is -2.38. The van der Waals surface area contributed by atoms with E-state index in [-0.39, 0.29) is 28.8 Å². The molecule has 0 spiro atoms. The molecule has 0 unspecified atom stereocenters. The van der Waals surface area contributed by atoms with Crippen molar-refractivity contribution in [1.29, 1.82) is 0 Å². The number of ether oxygens (including phenoxy) is 2. The van der Waals surface area contributed by atoms with Gasteiger partial charge in [0.25, 0.3) is 5.91 Å². The monoisotopic (exact) mass is 446 g/mol. The first-order valence-electron chi connectivity index (χ1n) is 11.0. The summed E-state index contributed by atoms with van der Waals surface area (Å²) in [6, 6.07) is 11.2. The summed E-state index contributed by atoms with van der Waals surface area (Å²) in [7, 11) is 0. The minimum Gasteiger partial charge on any atom is -0.395 e. The predicted molar refractivity (Wildman–Crippen MR) is 111 cm³/mol. The van der Waals surface area contributed by atoms with Gasteiger partial charge in [-0.05, 0) is 74.0 Å². The van der Waals surface area contributed by atoms with Crippen LogP contribution in [0.1, 0.15) is 41.1 Å². The van der Waals surface area contributed by atoms with Crippen molar-refractivity contribution in [3.05, 3.63) is 59.4 Å². The molecule has 5 rings (SSSR count). The van der Waals surface area contributed by atoms with Crippen molar-refractivity contribution in [2.75, 3.05) is 32.7 Å².